The van der Waals surface area contributed by atoms with Gasteiger partial charge >= 0.3 is 0 Å². The van der Waals surface area contributed by atoms with Gasteiger partial charge in [0.1, 0.15) is 11.6 Å². The van der Waals surface area contributed by atoms with Crippen LogP contribution in [0.15, 0.2) is 47.4 Å². The van der Waals surface area contributed by atoms with Crippen LogP contribution in [0.4, 0.5) is 14.5 Å². The number of rotatable bonds is 4. The van der Waals surface area contributed by atoms with Crippen LogP contribution in [0.2, 0.25) is 0 Å². The number of anilines is 1. The SMILES string of the molecule is N#Cc1ccc(NC(=O)CSc2cc(F)ccc2F)cc1. The van der Waals surface area contributed by atoms with Gasteiger partial charge in [0.25, 0.3) is 0 Å². The normalized spacial score (nSPS) is 9.95. The second-order valence-electron chi connectivity index (χ2n) is 4.10. The number of nitriles is 1. The minimum Gasteiger partial charge on any atom is -0.325 e. The van der Waals surface area contributed by atoms with E-state index < -0.39 is 11.6 Å². The van der Waals surface area contributed by atoms with Crippen LogP contribution in [0, 0.1) is 23.0 Å². The molecule has 3 nitrogen and oxygen atoms in total. The molecule has 0 aliphatic heterocycles. The van der Waals surface area contributed by atoms with Crippen LogP contribution in [-0.4, -0.2) is 11.7 Å². The molecule has 0 fully saturated rings. The second-order valence-corrected chi connectivity index (χ2v) is 5.12. The summed E-state index contributed by atoms with van der Waals surface area (Å²) in [5.41, 5.74) is 1.03. The van der Waals surface area contributed by atoms with E-state index in [2.05, 4.69) is 5.32 Å². The Morgan fingerprint density at radius 3 is 2.57 bits per heavy atom. The zero-order chi connectivity index (χ0) is 15.2. The van der Waals surface area contributed by atoms with Gasteiger partial charge in [0, 0.05) is 10.6 Å². The van der Waals surface area contributed by atoms with Crippen molar-refractivity contribution in [2.24, 2.45) is 0 Å². The number of nitrogens with zero attached hydrogens (tertiary/aromatic N) is 1. The number of benzene rings is 2. The summed E-state index contributed by atoms with van der Waals surface area (Å²) in [6.45, 7) is 0. The summed E-state index contributed by atoms with van der Waals surface area (Å²) in [6, 6.07) is 11.4. The smallest absolute Gasteiger partial charge is 0.234 e. The molecule has 0 bridgehead atoms. The van der Waals surface area contributed by atoms with Crippen LogP contribution in [0.25, 0.3) is 0 Å². The van der Waals surface area contributed by atoms with Crippen molar-refractivity contribution in [1.82, 2.24) is 0 Å². The van der Waals surface area contributed by atoms with E-state index in [9.17, 15) is 13.6 Å². The number of carbonyl (C=O) groups excluding carboxylic acids is 1. The average Bonchev–Trinajstić information content (AvgIpc) is 2.49. The van der Waals surface area contributed by atoms with Crippen LogP contribution in [-0.2, 0) is 4.79 Å². The van der Waals surface area contributed by atoms with Gasteiger partial charge in [0.2, 0.25) is 5.91 Å². The maximum absolute atomic E-state index is 13.4. The van der Waals surface area contributed by atoms with Crippen molar-refractivity contribution in [3.63, 3.8) is 0 Å². The molecule has 0 heterocycles. The first-order valence-electron chi connectivity index (χ1n) is 5.96. The van der Waals surface area contributed by atoms with Gasteiger partial charge in [-0.3, -0.25) is 4.79 Å². The Morgan fingerprint density at radius 2 is 1.90 bits per heavy atom. The van der Waals surface area contributed by atoms with Crippen molar-refractivity contribution in [1.29, 1.82) is 5.26 Å². The van der Waals surface area contributed by atoms with Gasteiger partial charge in [-0.05, 0) is 42.5 Å². The number of hydrogen-bond acceptors (Lipinski definition) is 3. The third kappa shape index (κ3) is 4.29. The molecule has 0 aromatic heterocycles. The molecule has 1 N–H and O–H groups in total. The van der Waals surface area contributed by atoms with Crippen molar-refractivity contribution >= 4 is 23.4 Å². The molecular formula is C15H10F2N2OS. The number of nitrogens with one attached hydrogen (secondary N) is 1. The van der Waals surface area contributed by atoms with E-state index in [1.54, 1.807) is 24.3 Å². The molecule has 2 rings (SSSR count). The zero-order valence-corrected chi connectivity index (χ0v) is 11.6. The van der Waals surface area contributed by atoms with Gasteiger partial charge in [-0.25, -0.2) is 8.78 Å². The molecule has 0 saturated heterocycles. The molecule has 1 amide bonds. The van der Waals surface area contributed by atoms with E-state index in [-0.39, 0.29) is 16.6 Å². The highest BCUT2D eigenvalue weighted by Crippen LogP contribution is 2.22. The first-order chi connectivity index (χ1) is 10.1. The fourth-order valence-corrected chi connectivity index (χ4v) is 2.32. The minimum atomic E-state index is -0.562. The van der Waals surface area contributed by atoms with Crippen LogP contribution < -0.4 is 5.32 Å². The highest BCUT2D eigenvalue weighted by Gasteiger charge is 2.08. The fraction of sp³-hybridized carbons (Fsp3) is 0.0667. The fourth-order valence-electron chi connectivity index (χ4n) is 1.56. The molecule has 0 aliphatic carbocycles. The first-order valence-corrected chi connectivity index (χ1v) is 6.95. The van der Waals surface area contributed by atoms with E-state index in [1.165, 1.54) is 0 Å². The van der Waals surface area contributed by atoms with E-state index in [1.807, 2.05) is 6.07 Å². The largest absolute Gasteiger partial charge is 0.325 e. The molecule has 2 aromatic carbocycles. The molecule has 0 spiro atoms. The molecule has 0 unspecified atom stereocenters. The number of thioether (sulfide) groups is 1. The Balaban J connectivity index is 1.92. The molecule has 0 atom stereocenters. The first kappa shape index (κ1) is 15.0. The average molecular weight is 304 g/mol. The molecule has 0 radical (unpaired) electrons. The Kier molecular flexibility index (Phi) is 4.90. The lowest BCUT2D eigenvalue weighted by Crippen LogP contribution is -2.14. The maximum Gasteiger partial charge on any atom is 0.234 e. The quantitative estimate of drug-likeness (QED) is 0.879. The van der Waals surface area contributed by atoms with Crippen LogP contribution in [0.1, 0.15) is 5.56 Å². The van der Waals surface area contributed by atoms with E-state index >= 15 is 0 Å². The highest BCUT2D eigenvalue weighted by molar-refractivity contribution is 8.00. The van der Waals surface area contributed by atoms with Crippen molar-refractivity contribution in [2.45, 2.75) is 4.90 Å². The molecule has 106 valence electrons. The maximum atomic E-state index is 13.4. The molecular weight excluding hydrogens is 294 g/mol. The summed E-state index contributed by atoms with van der Waals surface area (Å²) >= 11 is 0.917. The number of hydrogen-bond donors (Lipinski definition) is 1. The summed E-state index contributed by atoms with van der Waals surface area (Å²) in [5.74, 6) is -1.49. The Labute approximate surface area is 124 Å². The monoisotopic (exact) mass is 304 g/mol. The number of carbonyl (C=O) groups is 1. The van der Waals surface area contributed by atoms with Gasteiger partial charge in [-0.1, -0.05) is 0 Å². The predicted molar refractivity (Wildman–Crippen MR) is 76.9 cm³/mol. The van der Waals surface area contributed by atoms with E-state index in [0.717, 1.165) is 30.0 Å². The van der Waals surface area contributed by atoms with Gasteiger partial charge in [0.15, 0.2) is 0 Å². The molecule has 0 aliphatic rings. The molecule has 2 aromatic rings. The Bertz CT molecular complexity index is 696. The predicted octanol–water partition coefficient (Wildman–Crippen LogP) is 3.57. The summed E-state index contributed by atoms with van der Waals surface area (Å²) in [6.07, 6.45) is 0. The highest BCUT2D eigenvalue weighted by atomic mass is 32.2. The van der Waals surface area contributed by atoms with E-state index in [0.29, 0.717) is 11.3 Å². The van der Waals surface area contributed by atoms with Gasteiger partial charge < -0.3 is 5.32 Å². The summed E-state index contributed by atoms with van der Waals surface area (Å²) in [7, 11) is 0. The second kappa shape index (κ2) is 6.86. The third-order valence-electron chi connectivity index (χ3n) is 2.55. The topological polar surface area (TPSA) is 52.9 Å². The Hall–Kier alpha value is -2.39. The lowest BCUT2D eigenvalue weighted by Gasteiger charge is -2.06. The molecule has 0 saturated carbocycles. The van der Waals surface area contributed by atoms with Crippen molar-refractivity contribution in [2.75, 3.05) is 11.1 Å². The van der Waals surface area contributed by atoms with Crippen LogP contribution >= 0.6 is 11.8 Å². The summed E-state index contributed by atoms with van der Waals surface area (Å²) in [4.78, 5) is 11.8. The summed E-state index contributed by atoms with van der Waals surface area (Å²) < 4.78 is 26.4. The van der Waals surface area contributed by atoms with Crippen LogP contribution in [0.3, 0.4) is 0 Å². The molecule has 21 heavy (non-hydrogen) atoms. The summed E-state index contributed by atoms with van der Waals surface area (Å²) in [5, 5.41) is 11.3. The van der Waals surface area contributed by atoms with Gasteiger partial charge in [0.05, 0.1) is 17.4 Å². The third-order valence-corrected chi connectivity index (χ3v) is 3.58. The zero-order valence-electron chi connectivity index (χ0n) is 10.8. The number of amides is 1. The standard InChI is InChI=1S/C15H10F2N2OS/c16-11-3-6-13(17)14(7-11)21-9-15(20)19-12-4-1-10(8-18)2-5-12/h1-7H,9H2,(H,19,20). The van der Waals surface area contributed by atoms with E-state index in [4.69, 9.17) is 5.26 Å². The van der Waals surface area contributed by atoms with Crippen molar-refractivity contribution < 1.29 is 13.6 Å². The Morgan fingerprint density at radius 1 is 1.19 bits per heavy atom. The molecule has 6 heteroatoms. The van der Waals surface area contributed by atoms with Crippen LogP contribution in [0.5, 0.6) is 0 Å². The van der Waals surface area contributed by atoms with Gasteiger partial charge in [-0.2, -0.15) is 5.26 Å². The number of halogens is 2. The van der Waals surface area contributed by atoms with Crippen molar-refractivity contribution in [3.8, 4) is 6.07 Å². The lowest BCUT2D eigenvalue weighted by atomic mass is 10.2. The lowest BCUT2D eigenvalue weighted by molar-refractivity contribution is -0.113. The van der Waals surface area contributed by atoms with Crippen molar-refractivity contribution in [3.05, 3.63) is 59.7 Å². The van der Waals surface area contributed by atoms with Gasteiger partial charge in [-0.15, -0.1) is 11.8 Å². The minimum absolute atomic E-state index is 0.0413.